The van der Waals surface area contributed by atoms with E-state index in [1.54, 1.807) is 4.90 Å². The Kier molecular flexibility index (Phi) is 8.89. The van der Waals surface area contributed by atoms with Gasteiger partial charge in [-0.25, -0.2) is 4.79 Å². The van der Waals surface area contributed by atoms with Gasteiger partial charge in [0.15, 0.2) is 0 Å². The molecule has 0 aromatic heterocycles. The van der Waals surface area contributed by atoms with Gasteiger partial charge in [0.1, 0.15) is 11.5 Å². The molecule has 0 spiro atoms. The number of hydrogen-bond acceptors (Lipinski definition) is 5. The summed E-state index contributed by atoms with van der Waals surface area (Å²) < 4.78 is 51.4. The fourth-order valence-electron chi connectivity index (χ4n) is 4.51. The first kappa shape index (κ1) is 28.5. The highest BCUT2D eigenvalue weighted by Crippen LogP contribution is 2.40. The third-order valence-electron chi connectivity index (χ3n) is 6.49. The van der Waals surface area contributed by atoms with Gasteiger partial charge in [0, 0.05) is 17.5 Å². The predicted octanol–water partition coefficient (Wildman–Crippen LogP) is 7.23. The number of methoxy groups -OCH3 is 1. The highest BCUT2D eigenvalue weighted by molar-refractivity contribution is 6.67. The summed E-state index contributed by atoms with van der Waals surface area (Å²) in [4.78, 5) is 39.1. The first-order chi connectivity index (χ1) is 17.3. The van der Waals surface area contributed by atoms with Crippen molar-refractivity contribution in [1.82, 2.24) is 0 Å². The molecule has 1 aliphatic carbocycles. The average molecular weight is 540 g/mol. The molecule has 10 heteroatoms. The van der Waals surface area contributed by atoms with Crippen LogP contribution in [0.15, 0.2) is 36.4 Å². The fourth-order valence-corrected chi connectivity index (χ4v) is 4.62. The van der Waals surface area contributed by atoms with Gasteiger partial charge in [0.05, 0.1) is 23.9 Å². The fraction of sp³-hybridized carbons (Fsp3) is 0.444. The largest absolute Gasteiger partial charge is 0.465 e. The van der Waals surface area contributed by atoms with E-state index in [1.807, 2.05) is 13.8 Å². The van der Waals surface area contributed by atoms with Crippen molar-refractivity contribution in [1.29, 1.82) is 0 Å². The van der Waals surface area contributed by atoms with Gasteiger partial charge in [0.2, 0.25) is 5.91 Å². The molecule has 1 aliphatic rings. The van der Waals surface area contributed by atoms with Crippen LogP contribution in [-0.2, 0) is 15.7 Å². The van der Waals surface area contributed by atoms with Crippen LogP contribution in [0.2, 0.25) is 0 Å². The monoisotopic (exact) mass is 539 g/mol. The first-order valence-corrected chi connectivity index (χ1v) is 12.4. The summed E-state index contributed by atoms with van der Waals surface area (Å²) in [5.41, 5.74) is -1.27. The van der Waals surface area contributed by atoms with Gasteiger partial charge in [-0.15, -0.1) is 0 Å². The summed E-state index contributed by atoms with van der Waals surface area (Å²) in [6.45, 7) is 5.80. The molecule has 2 aromatic rings. The lowest BCUT2D eigenvalue weighted by Gasteiger charge is -2.34. The van der Waals surface area contributed by atoms with Crippen LogP contribution in [0.1, 0.15) is 72.7 Å². The number of benzene rings is 2. The molecule has 0 saturated heterocycles. The van der Waals surface area contributed by atoms with Crippen LogP contribution in [0.4, 0.5) is 18.9 Å². The van der Waals surface area contributed by atoms with E-state index >= 15 is 0 Å². The molecular formula is C27H29ClF3NO5. The van der Waals surface area contributed by atoms with Crippen molar-refractivity contribution < 1.29 is 37.0 Å². The molecule has 0 radical (unpaired) electrons. The molecule has 0 atom stereocenters. The van der Waals surface area contributed by atoms with Crippen LogP contribution in [0.5, 0.6) is 11.5 Å². The second kappa shape index (κ2) is 11.5. The van der Waals surface area contributed by atoms with Gasteiger partial charge in [-0.2, -0.15) is 13.2 Å². The molecular weight excluding hydrogens is 511 g/mol. The van der Waals surface area contributed by atoms with E-state index in [0.29, 0.717) is 12.0 Å². The normalized spacial score (nSPS) is 17.9. The Hall–Kier alpha value is -3.07. The number of esters is 1. The lowest BCUT2D eigenvalue weighted by atomic mass is 9.82. The van der Waals surface area contributed by atoms with Gasteiger partial charge < -0.3 is 14.4 Å². The van der Waals surface area contributed by atoms with Crippen molar-refractivity contribution in [3.8, 4) is 11.5 Å². The van der Waals surface area contributed by atoms with Crippen molar-refractivity contribution in [3.63, 3.8) is 0 Å². The summed E-state index contributed by atoms with van der Waals surface area (Å²) >= 11 is 5.34. The number of anilines is 1. The van der Waals surface area contributed by atoms with E-state index in [1.165, 1.54) is 25.3 Å². The molecule has 0 unspecified atom stereocenters. The SMILES string of the molecule is COC(=O)c1cc(Oc2ccc(C(=O)Cl)cc2C(F)(F)F)ccc1N(C(=O)C1CCC(C)CC1)C(C)C. The first-order valence-electron chi connectivity index (χ1n) is 12.0. The summed E-state index contributed by atoms with van der Waals surface area (Å²) in [5.74, 6) is -1.17. The van der Waals surface area contributed by atoms with Gasteiger partial charge in [0.25, 0.3) is 5.24 Å². The Labute approximate surface area is 218 Å². The molecule has 1 fully saturated rings. The van der Waals surface area contributed by atoms with Crippen LogP contribution < -0.4 is 9.64 Å². The van der Waals surface area contributed by atoms with Crippen molar-refractivity contribution in [2.24, 2.45) is 11.8 Å². The number of carbonyl (C=O) groups excluding carboxylic acids is 3. The Morgan fingerprint density at radius 2 is 1.68 bits per heavy atom. The maximum Gasteiger partial charge on any atom is 0.420 e. The molecule has 0 aliphatic heterocycles. The molecule has 0 bridgehead atoms. The molecule has 0 heterocycles. The zero-order valence-corrected chi connectivity index (χ0v) is 21.8. The van der Waals surface area contributed by atoms with E-state index in [4.69, 9.17) is 21.1 Å². The third kappa shape index (κ3) is 6.63. The maximum absolute atomic E-state index is 13.7. The minimum absolute atomic E-state index is 0.0210. The summed E-state index contributed by atoms with van der Waals surface area (Å²) in [6.07, 6.45) is -1.46. The van der Waals surface area contributed by atoms with Crippen LogP contribution in [0, 0.1) is 11.8 Å². The number of ether oxygens (including phenoxy) is 2. The smallest absolute Gasteiger partial charge is 0.420 e. The topological polar surface area (TPSA) is 72.9 Å². The number of hydrogen-bond donors (Lipinski definition) is 0. The van der Waals surface area contributed by atoms with Crippen LogP contribution in [0.3, 0.4) is 0 Å². The summed E-state index contributed by atoms with van der Waals surface area (Å²) in [7, 11) is 1.17. The minimum atomic E-state index is -4.83. The Morgan fingerprint density at radius 1 is 1.03 bits per heavy atom. The lowest BCUT2D eigenvalue weighted by Crippen LogP contribution is -2.43. The average Bonchev–Trinajstić information content (AvgIpc) is 2.84. The highest BCUT2D eigenvalue weighted by Gasteiger charge is 2.36. The number of rotatable bonds is 7. The van der Waals surface area contributed by atoms with Crippen molar-refractivity contribution in [2.45, 2.75) is 58.7 Å². The van der Waals surface area contributed by atoms with E-state index in [-0.39, 0.29) is 40.4 Å². The van der Waals surface area contributed by atoms with Gasteiger partial charge >= 0.3 is 12.1 Å². The second-order valence-corrected chi connectivity index (χ2v) is 9.86. The van der Waals surface area contributed by atoms with Crippen molar-refractivity contribution in [3.05, 3.63) is 53.1 Å². The molecule has 3 rings (SSSR count). The molecule has 1 amide bonds. The number of halogens is 4. The molecule has 37 heavy (non-hydrogen) atoms. The van der Waals surface area contributed by atoms with E-state index in [9.17, 15) is 27.6 Å². The number of carbonyl (C=O) groups is 3. The van der Waals surface area contributed by atoms with Crippen molar-refractivity contribution >= 4 is 34.4 Å². The van der Waals surface area contributed by atoms with E-state index in [0.717, 1.165) is 37.8 Å². The number of nitrogens with zero attached hydrogens (tertiary/aromatic N) is 1. The van der Waals surface area contributed by atoms with Gasteiger partial charge in [-0.05, 0) is 93.4 Å². The van der Waals surface area contributed by atoms with Crippen LogP contribution in [0.25, 0.3) is 0 Å². The Bertz CT molecular complexity index is 1170. The maximum atomic E-state index is 13.7. The van der Waals surface area contributed by atoms with E-state index < -0.39 is 28.7 Å². The minimum Gasteiger partial charge on any atom is -0.465 e. The zero-order chi connectivity index (χ0) is 27.5. The standard InChI is InChI=1S/C27H29ClF3NO5/c1-15(2)32(25(34)17-7-5-16(3)6-8-17)22-11-10-19(14-20(22)26(35)36-4)37-23-12-9-18(24(28)33)13-21(23)27(29,30)31/h9-17H,5-8H2,1-4H3. The summed E-state index contributed by atoms with van der Waals surface area (Å²) in [5, 5.41) is -1.04. The predicted molar refractivity (Wildman–Crippen MR) is 133 cm³/mol. The van der Waals surface area contributed by atoms with Gasteiger partial charge in [-0.1, -0.05) is 6.92 Å². The van der Waals surface area contributed by atoms with Crippen LogP contribution in [-0.4, -0.2) is 30.3 Å². The van der Waals surface area contributed by atoms with Crippen LogP contribution >= 0.6 is 11.6 Å². The lowest BCUT2D eigenvalue weighted by molar-refractivity contribution is -0.138. The quantitative estimate of drug-likeness (QED) is 0.274. The molecule has 0 N–H and O–H groups in total. The molecule has 6 nitrogen and oxygen atoms in total. The summed E-state index contributed by atoms with van der Waals surface area (Å²) in [6, 6.07) is 6.50. The number of alkyl halides is 3. The molecule has 2 aromatic carbocycles. The zero-order valence-electron chi connectivity index (χ0n) is 21.0. The Balaban J connectivity index is 2.02. The molecule has 1 saturated carbocycles. The van der Waals surface area contributed by atoms with E-state index in [2.05, 4.69) is 6.92 Å². The van der Waals surface area contributed by atoms with Gasteiger partial charge in [-0.3, -0.25) is 9.59 Å². The third-order valence-corrected chi connectivity index (χ3v) is 6.71. The molecule has 200 valence electrons. The van der Waals surface area contributed by atoms with Crippen molar-refractivity contribution in [2.75, 3.05) is 12.0 Å². The second-order valence-electron chi connectivity index (χ2n) is 9.51. The highest BCUT2D eigenvalue weighted by atomic mass is 35.5. The Morgan fingerprint density at radius 3 is 2.22 bits per heavy atom. The number of amides is 1.